The Bertz CT molecular complexity index is 758. The molecule has 0 spiro atoms. The first-order valence-electron chi connectivity index (χ1n) is 7.27. The van der Waals surface area contributed by atoms with Gasteiger partial charge in [0.25, 0.3) is 0 Å². The number of benzene rings is 1. The lowest BCUT2D eigenvalue weighted by Crippen LogP contribution is -2.22. The Hall–Kier alpha value is -2.20. The zero-order valence-corrected chi connectivity index (χ0v) is 12.7. The monoisotopic (exact) mass is 280 g/mol. The van der Waals surface area contributed by atoms with Gasteiger partial charge in [-0.05, 0) is 30.2 Å². The maximum Gasteiger partial charge on any atom is 0.154 e. The number of nitrogens with one attached hydrogen (secondary N) is 1. The fraction of sp³-hybridized carbons (Fsp3) is 0.294. The molecule has 0 atom stereocenters. The number of hydrogen-bond donors (Lipinski definition) is 1. The number of hydrogen-bond acceptors (Lipinski definition) is 3. The van der Waals surface area contributed by atoms with Crippen molar-refractivity contribution in [2.45, 2.75) is 33.4 Å². The van der Waals surface area contributed by atoms with Gasteiger partial charge in [-0.2, -0.15) is 5.10 Å². The minimum atomic E-state index is 0.451. The molecule has 0 bridgehead atoms. The Kier molecular flexibility index (Phi) is 3.71. The van der Waals surface area contributed by atoms with E-state index in [0.717, 1.165) is 23.4 Å². The average Bonchev–Trinajstić information content (AvgIpc) is 2.91. The molecule has 1 aromatic carbocycles. The second-order valence-corrected chi connectivity index (χ2v) is 5.65. The Labute approximate surface area is 124 Å². The molecule has 4 nitrogen and oxygen atoms in total. The number of aryl methyl sites for hydroxylation is 1. The van der Waals surface area contributed by atoms with Crippen LogP contribution in [0.1, 0.15) is 25.0 Å². The molecule has 21 heavy (non-hydrogen) atoms. The number of rotatable bonds is 4. The quantitative estimate of drug-likeness (QED) is 0.798. The Morgan fingerprint density at radius 1 is 1.24 bits per heavy atom. The zero-order valence-electron chi connectivity index (χ0n) is 12.7. The summed E-state index contributed by atoms with van der Waals surface area (Å²) >= 11 is 0. The standard InChI is InChI=1S/C17H20N4/c1-12(2)18-10-14-8-17(21-11-13(3)9-19-21)20-16-7-5-4-6-15(14)16/h4-9,11-12,18H,10H2,1-3H3. The van der Waals surface area contributed by atoms with Crippen molar-refractivity contribution in [2.24, 2.45) is 0 Å². The molecule has 0 radical (unpaired) electrons. The molecular formula is C17H20N4. The van der Waals surface area contributed by atoms with Crippen LogP contribution in [0.5, 0.6) is 0 Å². The molecule has 0 aliphatic rings. The van der Waals surface area contributed by atoms with Crippen molar-refractivity contribution >= 4 is 10.9 Å². The molecule has 108 valence electrons. The summed E-state index contributed by atoms with van der Waals surface area (Å²) in [7, 11) is 0. The average molecular weight is 280 g/mol. The predicted molar refractivity (Wildman–Crippen MR) is 85.6 cm³/mol. The predicted octanol–water partition coefficient (Wildman–Crippen LogP) is 3.23. The van der Waals surface area contributed by atoms with E-state index in [1.807, 2.05) is 36.1 Å². The summed E-state index contributed by atoms with van der Waals surface area (Å²) in [4.78, 5) is 4.72. The van der Waals surface area contributed by atoms with Gasteiger partial charge < -0.3 is 5.32 Å². The van der Waals surface area contributed by atoms with E-state index in [4.69, 9.17) is 4.98 Å². The van der Waals surface area contributed by atoms with Crippen molar-refractivity contribution in [3.63, 3.8) is 0 Å². The summed E-state index contributed by atoms with van der Waals surface area (Å²) in [6.07, 6.45) is 3.85. The SMILES string of the molecule is Cc1cnn(-c2cc(CNC(C)C)c3ccccc3n2)c1. The topological polar surface area (TPSA) is 42.7 Å². The first kappa shape index (κ1) is 13.8. The Morgan fingerprint density at radius 2 is 2.05 bits per heavy atom. The lowest BCUT2D eigenvalue weighted by molar-refractivity contribution is 0.590. The normalized spacial score (nSPS) is 11.4. The minimum Gasteiger partial charge on any atom is -0.310 e. The van der Waals surface area contributed by atoms with Crippen LogP contribution >= 0.6 is 0 Å². The molecule has 0 aliphatic carbocycles. The smallest absolute Gasteiger partial charge is 0.154 e. The highest BCUT2D eigenvalue weighted by Gasteiger charge is 2.08. The summed E-state index contributed by atoms with van der Waals surface area (Å²) in [6.45, 7) is 7.17. The molecule has 0 saturated carbocycles. The van der Waals surface area contributed by atoms with Gasteiger partial charge in [0.1, 0.15) is 0 Å². The lowest BCUT2D eigenvalue weighted by atomic mass is 10.1. The third kappa shape index (κ3) is 2.95. The Balaban J connectivity index is 2.10. The molecule has 0 amide bonds. The van der Waals surface area contributed by atoms with E-state index in [9.17, 15) is 0 Å². The van der Waals surface area contributed by atoms with Crippen LogP contribution in [0.3, 0.4) is 0 Å². The number of para-hydroxylation sites is 1. The largest absolute Gasteiger partial charge is 0.310 e. The molecule has 2 heterocycles. The van der Waals surface area contributed by atoms with Gasteiger partial charge in [-0.25, -0.2) is 9.67 Å². The van der Waals surface area contributed by atoms with E-state index in [1.54, 1.807) is 0 Å². The van der Waals surface area contributed by atoms with Crippen LogP contribution in [-0.4, -0.2) is 20.8 Å². The minimum absolute atomic E-state index is 0.451. The van der Waals surface area contributed by atoms with E-state index in [1.165, 1.54) is 10.9 Å². The molecule has 3 aromatic rings. The summed E-state index contributed by atoms with van der Waals surface area (Å²) in [5.74, 6) is 0.863. The number of pyridine rings is 1. The summed E-state index contributed by atoms with van der Waals surface area (Å²) in [5, 5.41) is 9.04. The maximum absolute atomic E-state index is 4.72. The Morgan fingerprint density at radius 3 is 2.76 bits per heavy atom. The fourth-order valence-electron chi connectivity index (χ4n) is 2.35. The highest BCUT2D eigenvalue weighted by atomic mass is 15.3. The molecule has 3 rings (SSSR count). The summed E-state index contributed by atoms with van der Waals surface area (Å²) in [6, 6.07) is 10.8. The van der Waals surface area contributed by atoms with Crippen molar-refractivity contribution in [3.05, 3.63) is 53.9 Å². The molecule has 0 aliphatic heterocycles. The van der Waals surface area contributed by atoms with E-state index < -0.39 is 0 Å². The summed E-state index contributed by atoms with van der Waals surface area (Å²) < 4.78 is 1.83. The van der Waals surface area contributed by atoms with Crippen LogP contribution in [0, 0.1) is 6.92 Å². The van der Waals surface area contributed by atoms with Crippen molar-refractivity contribution < 1.29 is 0 Å². The van der Waals surface area contributed by atoms with Crippen molar-refractivity contribution in [1.82, 2.24) is 20.1 Å². The molecule has 0 fully saturated rings. The third-order valence-electron chi connectivity index (χ3n) is 3.44. The van der Waals surface area contributed by atoms with Crippen LogP contribution in [0.25, 0.3) is 16.7 Å². The van der Waals surface area contributed by atoms with Gasteiger partial charge in [0, 0.05) is 24.2 Å². The van der Waals surface area contributed by atoms with E-state index in [2.05, 4.69) is 42.5 Å². The van der Waals surface area contributed by atoms with Gasteiger partial charge in [-0.15, -0.1) is 0 Å². The van der Waals surface area contributed by atoms with Gasteiger partial charge >= 0.3 is 0 Å². The van der Waals surface area contributed by atoms with Gasteiger partial charge in [-0.1, -0.05) is 32.0 Å². The third-order valence-corrected chi connectivity index (χ3v) is 3.44. The molecule has 0 saturated heterocycles. The van der Waals surface area contributed by atoms with Gasteiger partial charge in [-0.3, -0.25) is 0 Å². The van der Waals surface area contributed by atoms with Crippen LogP contribution in [0.15, 0.2) is 42.7 Å². The van der Waals surface area contributed by atoms with E-state index in [-0.39, 0.29) is 0 Å². The summed E-state index contributed by atoms with van der Waals surface area (Å²) in [5.41, 5.74) is 3.38. The highest BCUT2D eigenvalue weighted by Crippen LogP contribution is 2.20. The van der Waals surface area contributed by atoms with Crippen molar-refractivity contribution in [2.75, 3.05) is 0 Å². The van der Waals surface area contributed by atoms with Gasteiger partial charge in [0.05, 0.1) is 11.7 Å². The van der Waals surface area contributed by atoms with Crippen molar-refractivity contribution in [3.8, 4) is 5.82 Å². The van der Waals surface area contributed by atoms with Crippen LogP contribution in [-0.2, 0) is 6.54 Å². The first-order valence-corrected chi connectivity index (χ1v) is 7.27. The molecule has 2 aromatic heterocycles. The van der Waals surface area contributed by atoms with Crippen molar-refractivity contribution in [1.29, 1.82) is 0 Å². The molecule has 1 N–H and O–H groups in total. The lowest BCUT2D eigenvalue weighted by Gasteiger charge is -2.12. The molecule has 4 heteroatoms. The van der Waals surface area contributed by atoms with Crippen LogP contribution in [0.4, 0.5) is 0 Å². The highest BCUT2D eigenvalue weighted by molar-refractivity contribution is 5.83. The van der Waals surface area contributed by atoms with Gasteiger partial charge in [0.15, 0.2) is 5.82 Å². The van der Waals surface area contributed by atoms with E-state index >= 15 is 0 Å². The fourth-order valence-corrected chi connectivity index (χ4v) is 2.35. The second kappa shape index (κ2) is 5.66. The molecular weight excluding hydrogens is 260 g/mol. The van der Waals surface area contributed by atoms with Crippen LogP contribution < -0.4 is 5.32 Å². The van der Waals surface area contributed by atoms with Crippen LogP contribution in [0.2, 0.25) is 0 Å². The maximum atomic E-state index is 4.72. The van der Waals surface area contributed by atoms with E-state index in [0.29, 0.717) is 6.04 Å². The van der Waals surface area contributed by atoms with Gasteiger partial charge in [0.2, 0.25) is 0 Å². The number of nitrogens with zero attached hydrogens (tertiary/aromatic N) is 3. The second-order valence-electron chi connectivity index (χ2n) is 5.65. The number of aromatic nitrogens is 3. The molecule has 0 unspecified atom stereocenters. The zero-order chi connectivity index (χ0) is 14.8. The first-order chi connectivity index (χ1) is 10.1. The number of fused-ring (bicyclic) bond motifs is 1.